The molecule has 0 atom stereocenters. The van der Waals surface area contributed by atoms with Crippen LogP contribution in [0.5, 0.6) is 0 Å². The fourth-order valence-electron chi connectivity index (χ4n) is 2.34. The van der Waals surface area contributed by atoms with Crippen molar-refractivity contribution < 1.29 is 4.42 Å². The molecule has 0 radical (unpaired) electrons. The standard InChI is InChI=1S/C15H8N4O4/c20-13-9-6-10(18-19-12(9)16-15(22)17-13)8-5-7-3-1-2-4-11(7)23-14(8)21/h1-6H,(H2,16,17,19,20,22). The molecule has 3 heterocycles. The highest BCUT2D eigenvalue weighted by atomic mass is 16.4. The van der Waals surface area contributed by atoms with E-state index in [2.05, 4.69) is 20.2 Å². The minimum atomic E-state index is -0.672. The fraction of sp³-hybridized carbons (Fsp3) is 0. The SMILES string of the molecule is O=c1[nH]c(=O)c2cc(-c3cc4ccccc4oc3=O)nnc2[nH]1. The number of H-pyrrole nitrogens is 2. The first kappa shape index (κ1) is 13.1. The molecule has 112 valence electrons. The molecule has 0 unspecified atom stereocenters. The van der Waals surface area contributed by atoms with Gasteiger partial charge in [-0.1, -0.05) is 18.2 Å². The minimum absolute atomic E-state index is 0.0488. The van der Waals surface area contributed by atoms with E-state index in [0.29, 0.717) is 5.58 Å². The third kappa shape index (κ3) is 2.13. The molecule has 2 N–H and O–H groups in total. The number of fused-ring (bicyclic) bond motifs is 2. The molecule has 0 aliphatic rings. The molecule has 8 nitrogen and oxygen atoms in total. The van der Waals surface area contributed by atoms with Crippen LogP contribution < -0.4 is 16.9 Å². The van der Waals surface area contributed by atoms with Gasteiger partial charge < -0.3 is 4.42 Å². The topological polar surface area (TPSA) is 122 Å². The Morgan fingerprint density at radius 3 is 2.65 bits per heavy atom. The molecule has 0 saturated heterocycles. The molecule has 4 aromatic rings. The van der Waals surface area contributed by atoms with Crippen LogP contribution in [0, 0.1) is 0 Å². The third-order valence-electron chi connectivity index (χ3n) is 3.41. The first-order valence-corrected chi connectivity index (χ1v) is 6.65. The van der Waals surface area contributed by atoms with Gasteiger partial charge in [-0.3, -0.25) is 14.8 Å². The van der Waals surface area contributed by atoms with Gasteiger partial charge in [-0.2, -0.15) is 0 Å². The van der Waals surface area contributed by atoms with E-state index in [4.69, 9.17) is 4.42 Å². The summed E-state index contributed by atoms with van der Waals surface area (Å²) in [6.07, 6.45) is 0. The van der Waals surface area contributed by atoms with E-state index >= 15 is 0 Å². The predicted octanol–water partition coefficient (Wildman–Crippen LogP) is 0.780. The Labute approximate surface area is 126 Å². The molecular formula is C15H8N4O4. The Hall–Kier alpha value is -3.55. The third-order valence-corrected chi connectivity index (χ3v) is 3.41. The van der Waals surface area contributed by atoms with Gasteiger partial charge in [0.05, 0.1) is 10.9 Å². The average molecular weight is 308 g/mol. The summed E-state index contributed by atoms with van der Waals surface area (Å²) in [4.78, 5) is 39.6. The van der Waals surface area contributed by atoms with E-state index in [9.17, 15) is 14.4 Å². The molecular weight excluding hydrogens is 300 g/mol. The van der Waals surface area contributed by atoms with E-state index in [-0.39, 0.29) is 22.3 Å². The molecule has 0 aliphatic carbocycles. The van der Waals surface area contributed by atoms with E-state index < -0.39 is 16.9 Å². The number of hydrogen-bond acceptors (Lipinski definition) is 6. The summed E-state index contributed by atoms with van der Waals surface area (Å²) in [7, 11) is 0. The lowest BCUT2D eigenvalue weighted by Gasteiger charge is -2.02. The number of para-hydroxylation sites is 1. The van der Waals surface area contributed by atoms with Gasteiger partial charge >= 0.3 is 11.3 Å². The van der Waals surface area contributed by atoms with Crippen molar-refractivity contribution in [2.75, 3.05) is 0 Å². The number of hydrogen-bond donors (Lipinski definition) is 2. The van der Waals surface area contributed by atoms with Crippen LogP contribution in [0.15, 0.2) is 55.2 Å². The monoisotopic (exact) mass is 308 g/mol. The number of aromatic nitrogens is 4. The normalized spacial score (nSPS) is 11.1. The molecule has 0 fully saturated rings. The lowest BCUT2D eigenvalue weighted by atomic mass is 10.1. The zero-order valence-electron chi connectivity index (χ0n) is 11.5. The van der Waals surface area contributed by atoms with Crippen LogP contribution in [0.2, 0.25) is 0 Å². The van der Waals surface area contributed by atoms with Gasteiger partial charge in [0.25, 0.3) is 5.56 Å². The molecule has 23 heavy (non-hydrogen) atoms. The Morgan fingerprint density at radius 1 is 0.957 bits per heavy atom. The number of aromatic amines is 2. The van der Waals surface area contributed by atoms with Crippen LogP contribution in [-0.2, 0) is 0 Å². The Kier molecular flexibility index (Phi) is 2.70. The quantitative estimate of drug-likeness (QED) is 0.501. The molecule has 4 rings (SSSR count). The van der Waals surface area contributed by atoms with E-state index in [1.165, 1.54) is 6.07 Å². The Morgan fingerprint density at radius 2 is 1.78 bits per heavy atom. The number of benzene rings is 1. The Bertz CT molecular complexity index is 1240. The maximum Gasteiger partial charge on any atom is 0.345 e. The first-order valence-electron chi connectivity index (χ1n) is 6.65. The number of nitrogens with zero attached hydrogens (tertiary/aromatic N) is 2. The van der Waals surface area contributed by atoms with Crippen molar-refractivity contribution >= 4 is 22.0 Å². The average Bonchev–Trinajstić information content (AvgIpc) is 2.54. The zero-order valence-corrected chi connectivity index (χ0v) is 11.5. The van der Waals surface area contributed by atoms with Gasteiger partial charge in [0.15, 0.2) is 5.65 Å². The van der Waals surface area contributed by atoms with Crippen molar-refractivity contribution in [1.82, 2.24) is 20.2 Å². The fourth-order valence-corrected chi connectivity index (χ4v) is 2.34. The molecule has 8 heteroatoms. The summed E-state index contributed by atoms with van der Waals surface area (Å²) in [6, 6.07) is 10.1. The maximum atomic E-state index is 12.1. The van der Waals surface area contributed by atoms with E-state index in [1.54, 1.807) is 24.3 Å². The van der Waals surface area contributed by atoms with Gasteiger partial charge in [0.1, 0.15) is 11.3 Å². The molecule has 0 saturated carbocycles. The van der Waals surface area contributed by atoms with E-state index in [0.717, 1.165) is 5.39 Å². The van der Waals surface area contributed by atoms with Gasteiger partial charge in [-0.15, -0.1) is 10.2 Å². The predicted molar refractivity (Wildman–Crippen MR) is 82.3 cm³/mol. The van der Waals surface area contributed by atoms with Crippen molar-refractivity contribution in [3.05, 3.63) is 67.7 Å². The molecule has 0 aliphatic heterocycles. The summed E-state index contributed by atoms with van der Waals surface area (Å²) < 4.78 is 5.24. The molecule has 0 amide bonds. The summed E-state index contributed by atoms with van der Waals surface area (Å²) in [6.45, 7) is 0. The minimum Gasteiger partial charge on any atom is -0.422 e. The smallest absolute Gasteiger partial charge is 0.345 e. The number of rotatable bonds is 1. The van der Waals surface area contributed by atoms with Crippen molar-refractivity contribution in [3.63, 3.8) is 0 Å². The van der Waals surface area contributed by atoms with Crippen LogP contribution in [0.25, 0.3) is 33.3 Å². The van der Waals surface area contributed by atoms with Crippen LogP contribution in [0.1, 0.15) is 0 Å². The lowest BCUT2D eigenvalue weighted by molar-refractivity contribution is 0.563. The molecule has 1 aromatic carbocycles. The van der Waals surface area contributed by atoms with Gasteiger partial charge in [0.2, 0.25) is 0 Å². The zero-order chi connectivity index (χ0) is 16.0. The van der Waals surface area contributed by atoms with E-state index in [1.807, 2.05) is 6.07 Å². The van der Waals surface area contributed by atoms with Crippen molar-refractivity contribution in [2.24, 2.45) is 0 Å². The molecule has 0 bridgehead atoms. The molecule has 0 spiro atoms. The Balaban J connectivity index is 2.02. The summed E-state index contributed by atoms with van der Waals surface area (Å²) >= 11 is 0. The van der Waals surface area contributed by atoms with Gasteiger partial charge in [-0.25, -0.2) is 9.59 Å². The lowest BCUT2D eigenvalue weighted by Crippen LogP contribution is -2.22. The van der Waals surface area contributed by atoms with Crippen molar-refractivity contribution in [2.45, 2.75) is 0 Å². The van der Waals surface area contributed by atoms with Crippen LogP contribution in [0.4, 0.5) is 0 Å². The first-order chi connectivity index (χ1) is 11.1. The molecule has 3 aromatic heterocycles. The maximum absolute atomic E-state index is 12.1. The van der Waals surface area contributed by atoms with Crippen LogP contribution >= 0.6 is 0 Å². The van der Waals surface area contributed by atoms with Crippen molar-refractivity contribution in [1.29, 1.82) is 0 Å². The van der Waals surface area contributed by atoms with Crippen LogP contribution in [0.3, 0.4) is 0 Å². The van der Waals surface area contributed by atoms with Gasteiger partial charge in [-0.05, 0) is 18.2 Å². The highest BCUT2D eigenvalue weighted by Crippen LogP contribution is 2.19. The second-order valence-corrected chi connectivity index (χ2v) is 4.89. The summed E-state index contributed by atoms with van der Waals surface area (Å²) in [5, 5.41) is 8.54. The second kappa shape index (κ2) is 4.73. The van der Waals surface area contributed by atoms with Crippen molar-refractivity contribution in [3.8, 4) is 11.3 Å². The highest BCUT2D eigenvalue weighted by Gasteiger charge is 2.12. The number of nitrogens with one attached hydrogen (secondary N) is 2. The largest absolute Gasteiger partial charge is 0.422 e. The van der Waals surface area contributed by atoms with Gasteiger partial charge in [0, 0.05) is 5.39 Å². The second-order valence-electron chi connectivity index (χ2n) is 4.89. The van der Waals surface area contributed by atoms with Crippen LogP contribution in [-0.4, -0.2) is 20.2 Å². The highest BCUT2D eigenvalue weighted by molar-refractivity contribution is 5.83. The summed E-state index contributed by atoms with van der Waals surface area (Å²) in [5.41, 5.74) is -0.985. The summed E-state index contributed by atoms with van der Waals surface area (Å²) in [5.74, 6) is 0.